The van der Waals surface area contributed by atoms with Gasteiger partial charge in [-0.1, -0.05) is 11.6 Å². The highest BCUT2D eigenvalue weighted by Gasteiger charge is 1.94. The molecule has 0 radical (unpaired) electrons. The van der Waals surface area contributed by atoms with Gasteiger partial charge >= 0.3 is 0 Å². The van der Waals surface area contributed by atoms with E-state index in [0.717, 1.165) is 18.1 Å². The van der Waals surface area contributed by atoms with E-state index in [9.17, 15) is 0 Å². The molecule has 0 fully saturated rings. The van der Waals surface area contributed by atoms with Crippen molar-refractivity contribution in [2.24, 2.45) is 0 Å². The van der Waals surface area contributed by atoms with Crippen molar-refractivity contribution in [3.63, 3.8) is 0 Å². The van der Waals surface area contributed by atoms with Crippen LogP contribution in [0.25, 0.3) is 0 Å². The third-order valence-corrected chi connectivity index (χ3v) is 1.89. The molecule has 0 bridgehead atoms. The molecule has 14 heavy (non-hydrogen) atoms. The lowest BCUT2D eigenvalue weighted by Crippen LogP contribution is -2.02. The summed E-state index contributed by atoms with van der Waals surface area (Å²) in [5.41, 5.74) is 3.63. The molecular formula is C12H18N2. The van der Waals surface area contributed by atoms with E-state index in [2.05, 4.69) is 49.3 Å². The predicted octanol–water partition coefficient (Wildman–Crippen LogP) is 3.08. The topological polar surface area (TPSA) is 24.9 Å². The van der Waals surface area contributed by atoms with Crippen molar-refractivity contribution < 1.29 is 0 Å². The molecular weight excluding hydrogens is 172 g/mol. The Morgan fingerprint density at radius 3 is 2.64 bits per heavy atom. The van der Waals surface area contributed by atoms with Gasteiger partial charge in [0.15, 0.2) is 0 Å². The maximum absolute atomic E-state index is 4.39. The van der Waals surface area contributed by atoms with Gasteiger partial charge in [-0.2, -0.15) is 0 Å². The maximum Gasteiger partial charge on any atom is 0.126 e. The Morgan fingerprint density at radius 2 is 2.07 bits per heavy atom. The number of rotatable bonds is 3. The Kier molecular flexibility index (Phi) is 3.69. The average molecular weight is 190 g/mol. The summed E-state index contributed by atoms with van der Waals surface area (Å²) in [5, 5.41) is 3.27. The lowest BCUT2D eigenvalue weighted by Gasteiger charge is -2.05. The second-order valence-electron chi connectivity index (χ2n) is 3.83. The van der Waals surface area contributed by atoms with Gasteiger partial charge in [0, 0.05) is 12.2 Å². The minimum absolute atomic E-state index is 0.845. The monoisotopic (exact) mass is 190 g/mol. The third kappa shape index (κ3) is 3.60. The van der Waals surface area contributed by atoms with Gasteiger partial charge in [-0.3, -0.25) is 0 Å². The highest BCUT2D eigenvalue weighted by molar-refractivity contribution is 5.39. The van der Waals surface area contributed by atoms with Gasteiger partial charge in [0.1, 0.15) is 5.82 Å². The number of nitrogens with zero attached hydrogens (tertiary/aromatic N) is 1. The third-order valence-electron chi connectivity index (χ3n) is 1.89. The molecule has 0 aliphatic rings. The molecule has 0 aliphatic heterocycles. The summed E-state index contributed by atoms with van der Waals surface area (Å²) in [5.74, 6) is 0.958. The number of anilines is 1. The quantitative estimate of drug-likeness (QED) is 0.741. The summed E-state index contributed by atoms with van der Waals surface area (Å²) in [4.78, 5) is 4.39. The van der Waals surface area contributed by atoms with E-state index in [1.165, 1.54) is 11.1 Å². The van der Waals surface area contributed by atoms with Crippen molar-refractivity contribution in [2.45, 2.75) is 27.7 Å². The van der Waals surface area contributed by atoms with Crippen LogP contribution in [-0.4, -0.2) is 11.5 Å². The molecule has 0 amide bonds. The molecule has 0 aromatic carbocycles. The van der Waals surface area contributed by atoms with Crippen LogP contribution in [0.3, 0.4) is 0 Å². The molecule has 76 valence electrons. The molecule has 0 atom stereocenters. The Morgan fingerprint density at radius 1 is 1.36 bits per heavy atom. The van der Waals surface area contributed by atoms with Crippen LogP contribution >= 0.6 is 0 Å². The minimum Gasteiger partial charge on any atom is -0.367 e. The standard InChI is InChI=1S/C12H18N2/c1-9(2)5-6-13-12-8-10(3)7-11(4)14-12/h5,7-8H,6H2,1-4H3,(H,13,14). The van der Waals surface area contributed by atoms with Gasteiger partial charge < -0.3 is 5.32 Å². The van der Waals surface area contributed by atoms with Crippen LogP contribution in [-0.2, 0) is 0 Å². The molecule has 0 spiro atoms. The molecule has 0 saturated carbocycles. The van der Waals surface area contributed by atoms with Crippen LogP contribution in [0.5, 0.6) is 0 Å². The molecule has 1 heterocycles. The van der Waals surface area contributed by atoms with Gasteiger partial charge in [0.05, 0.1) is 0 Å². The molecule has 1 aromatic rings. The second-order valence-corrected chi connectivity index (χ2v) is 3.83. The molecule has 0 aliphatic carbocycles. The number of hydrogen-bond acceptors (Lipinski definition) is 2. The summed E-state index contributed by atoms with van der Waals surface area (Å²) in [6.45, 7) is 9.13. The van der Waals surface area contributed by atoms with Crippen molar-refractivity contribution in [3.8, 4) is 0 Å². The van der Waals surface area contributed by atoms with E-state index in [1.807, 2.05) is 6.92 Å². The fraction of sp³-hybridized carbons (Fsp3) is 0.417. The van der Waals surface area contributed by atoms with Crippen molar-refractivity contribution in [1.29, 1.82) is 0 Å². The fourth-order valence-corrected chi connectivity index (χ4v) is 1.29. The molecule has 0 unspecified atom stereocenters. The molecule has 1 rings (SSSR count). The first-order chi connectivity index (χ1) is 6.58. The Labute approximate surface area is 86.1 Å². The van der Waals surface area contributed by atoms with Gasteiger partial charge in [0.25, 0.3) is 0 Å². The van der Waals surface area contributed by atoms with Gasteiger partial charge in [-0.15, -0.1) is 0 Å². The van der Waals surface area contributed by atoms with Gasteiger partial charge in [0.2, 0.25) is 0 Å². The largest absolute Gasteiger partial charge is 0.367 e. The molecule has 1 aromatic heterocycles. The number of aryl methyl sites for hydroxylation is 2. The lowest BCUT2D eigenvalue weighted by atomic mass is 10.2. The zero-order valence-electron chi connectivity index (χ0n) is 9.39. The number of aromatic nitrogens is 1. The van der Waals surface area contributed by atoms with E-state index in [4.69, 9.17) is 0 Å². The van der Waals surface area contributed by atoms with Crippen LogP contribution in [0, 0.1) is 13.8 Å². The first-order valence-electron chi connectivity index (χ1n) is 4.90. The van der Waals surface area contributed by atoms with Crippen molar-refractivity contribution in [2.75, 3.05) is 11.9 Å². The Bertz CT molecular complexity index is 316. The van der Waals surface area contributed by atoms with E-state index < -0.39 is 0 Å². The van der Waals surface area contributed by atoms with Gasteiger partial charge in [-0.25, -0.2) is 4.98 Å². The average Bonchev–Trinajstić information content (AvgIpc) is 2.01. The van der Waals surface area contributed by atoms with Gasteiger partial charge in [-0.05, 0) is 45.4 Å². The van der Waals surface area contributed by atoms with Crippen molar-refractivity contribution in [1.82, 2.24) is 4.98 Å². The van der Waals surface area contributed by atoms with Crippen LogP contribution in [0.1, 0.15) is 25.1 Å². The summed E-state index contributed by atoms with van der Waals surface area (Å²) in [6, 6.07) is 4.14. The fourth-order valence-electron chi connectivity index (χ4n) is 1.29. The molecule has 2 heteroatoms. The second kappa shape index (κ2) is 4.80. The van der Waals surface area contributed by atoms with E-state index in [0.29, 0.717) is 0 Å². The lowest BCUT2D eigenvalue weighted by molar-refractivity contribution is 1.14. The first kappa shape index (κ1) is 10.8. The minimum atomic E-state index is 0.845. The first-order valence-corrected chi connectivity index (χ1v) is 4.90. The summed E-state index contributed by atoms with van der Waals surface area (Å²) in [6.07, 6.45) is 2.15. The highest BCUT2D eigenvalue weighted by atomic mass is 15.0. The molecule has 2 nitrogen and oxygen atoms in total. The van der Waals surface area contributed by atoms with E-state index in [-0.39, 0.29) is 0 Å². The van der Waals surface area contributed by atoms with Crippen molar-refractivity contribution in [3.05, 3.63) is 35.0 Å². The maximum atomic E-state index is 4.39. The van der Waals surface area contributed by atoms with Crippen LogP contribution in [0.2, 0.25) is 0 Å². The highest BCUT2D eigenvalue weighted by Crippen LogP contribution is 2.08. The molecule has 1 N–H and O–H groups in total. The molecule has 0 saturated heterocycles. The van der Waals surface area contributed by atoms with Crippen LogP contribution in [0.15, 0.2) is 23.8 Å². The number of nitrogens with one attached hydrogen (secondary N) is 1. The van der Waals surface area contributed by atoms with E-state index >= 15 is 0 Å². The van der Waals surface area contributed by atoms with Crippen LogP contribution < -0.4 is 5.32 Å². The van der Waals surface area contributed by atoms with Crippen molar-refractivity contribution >= 4 is 5.82 Å². The van der Waals surface area contributed by atoms with E-state index in [1.54, 1.807) is 0 Å². The number of hydrogen-bond donors (Lipinski definition) is 1. The SMILES string of the molecule is CC(C)=CCNc1cc(C)cc(C)n1. The Balaban J connectivity index is 2.63. The number of allylic oxidation sites excluding steroid dienone is 1. The Hall–Kier alpha value is -1.31. The predicted molar refractivity (Wildman–Crippen MR) is 61.6 cm³/mol. The smallest absolute Gasteiger partial charge is 0.126 e. The summed E-state index contributed by atoms with van der Waals surface area (Å²) in [7, 11) is 0. The zero-order valence-corrected chi connectivity index (χ0v) is 9.39. The number of pyridine rings is 1. The normalized spacial score (nSPS) is 9.71. The zero-order chi connectivity index (χ0) is 10.6. The summed E-state index contributed by atoms with van der Waals surface area (Å²) >= 11 is 0. The van der Waals surface area contributed by atoms with Crippen LogP contribution in [0.4, 0.5) is 5.82 Å². The summed E-state index contributed by atoms with van der Waals surface area (Å²) < 4.78 is 0.